The number of hydrogen-bond donors (Lipinski definition) is 3. The van der Waals surface area contributed by atoms with Crippen molar-refractivity contribution < 1.29 is 0 Å². The zero-order chi connectivity index (χ0) is 16.4. The van der Waals surface area contributed by atoms with Crippen LogP contribution >= 0.6 is 0 Å². The van der Waals surface area contributed by atoms with Crippen LogP contribution < -0.4 is 11.1 Å². The topological polar surface area (TPSA) is 92.5 Å². The molecule has 4 aromatic rings. The van der Waals surface area contributed by atoms with E-state index in [1.54, 1.807) is 18.5 Å². The van der Waals surface area contributed by atoms with Crippen LogP contribution in [0.2, 0.25) is 0 Å². The van der Waals surface area contributed by atoms with Crippen LogP contribution in [0.5, 0.6) is 0 Å². The number of rotatable bonds is 4. The maximum atomic E-state index is 5.69. The van der Waals surface area contributed by atoms with Gasteiger partial charge in [0.25, 0.3) is 0 Å². The summed E-state index contributed by atoms with van der Waals surface area (Å²) in [4.78, 5) is 16.1. The van der Waals surface area contributed by atoms with Crippen LogP contribution in [0.3, 0.4) is 0 Å². The van der Waals surface area contributed by atoms with Crippen LogP contribution in [0.15, 0.2) is 61.2 Å². The van der Waals surface area contributed by atoms with E-state index in [2.05, 4.69) is 25.3 Å². The number of nitrogen functional groups attached to an aromatic ring is 1. The Kier molecular flexibility index (Phi) is 3.55. The average Bonchev–Trinajstić information content (AvgIpc) is 3.09. The van der Waals surface area contributed by atoms with Crippen molar-refractivity contribution in [2.24, 2.45) is 0 Å². The van der Waals surface area contributed by atoms with E-state index in [0.29, 0.717) is 12.4 Å². The second kappa shape index (κ2) is 6.00. The van der Waals surface area contributed by atoms with Crippen molar-refractivity contribution in [3.05, 3.63) is 66.7 Å². The first-order chi connectivity index (χ1) is 11.8. The molecule has 0 aliphatic carbocycles. The standard InChI is InChI=1S/C18H16N6/c19-16-4-3-13(11-22-16)15-8-17(24-18-14(15)5-7-21-18)23-10-12-2-1-6-20-9-12/h1-9,11H,10H2,(H2,19,22)(H2,21,23,24). The second-order valence-electron chi connectivity index (χ2n) is 5.48. The van der Waals surface area contributed by atoms with Crippen LogP contribution in [0, 0.1) is 0 Å². The Balaban J connectivity index is 1.71. The Bertz CT molecular complexity index is 960. The van der Waals surface area contributed by atoms with Crippen molar-refractivity contribution in [2.75, 3.05) is 11.1 Å². The third kappa shape index (κ3) is 2.77. The average molecular weight is 316 g/mol. The number of aromatic nitrogens is 4. The molecule has 0 aliphatic rings. The SMILES string of the molecule is Nc1ccc(-c2cc(NCc3cccnc3)nc3[nH]ccc23)cn1. The summed E-state index contributed by atoms with van der Waals surface area (Å²) in [7, 11) is 0. The monoisotopic (exact) mass is 316 g/mol. The molecule has 4 rings (SSSR count). The smallest absolute Gasteiger partial charge is 0.140 e. The number of anilines is 2. The molecule has 4 N–H and O–H groups in total. The second-order valence-corrected chi connectivity index (χ2v) is 5.48. The first-order valence-corrected chi connectivity index (χ1v) is 7.62. The van der Waals surface area contributed by atoms with Gasteiger partial charge >= 0.3 is 0 Å². The van der Waals surface area contributed by atoms with Gasteiger partial charge in [0, 0.05) is 42.3 Å². The number of nitrogens with zero attached hydrogens (tertiary/aromatic N) is 3. The molecule has 6 heteroatoms. The summed E-state index contributed by atoms with van der Waals surface area (Å²) in [6, 6.07) is 11.8. The lowest BCUT2D eigenvalue weighted by Crippen LogP contribution is -2.02. The fourth-order valence-corrected chi connectivity index (χ4v) is 2.63. The van der Waals surface area contributed by atoms with Crippen LogP contribution in [0.4, 0.5) is 11.6 Å². The Hall–Kier alpha value is -3.41. The molecule has 0 aliphatic heterocycles. The summed E-state index contributed by atoms with van der Waals surface area (Å²) in [5, 5.41) is 4.40. The molecule has 6 nitrogen and oxygen atoms in total. The predicted molar refractivity (Wildman–Crippen MR) is 95.3 cm³/mol. The highest BCUT2D eigenvalue weighted by Gasteiger charge is 2.09. The van der Waals surface area contributed by atoms with Gasteiger partial charge in [0.05, 0.1) is 0 Å². The minimum atomic E-state index is 0.507. The van der Waals surface area contributed by atoms with Gasteiger partial charge in [-0.15, -0.1) is 0 Å². The van der Waals surface area contributed by atoms with E-state index in [9.17, 15) is 0 Å². The van der Waals surface area contributed by atoms with Crippen LogP contribution in [0.25, 0.3) is 22.2 Å². The zero-order valence-corrected chi connectivity index (χ0v) is 12.9. The van der Waals surface area contributed by atoms with Gasteiger partial charge < -0.3 is 16.0 Å². The highest BCUT2D eigenvalue weighted by atomic mass is 15.0. The Morgan fingerprint density at radius 2 is 2.08 bits per heavy atom. The van der Waals surface area contributed by atoms with Crippen molar-refractivity contribution in [1.29, 1.82) is 0 Å². The molecule has 0 amide bonds. The van der Waals surface area contributed by atoms with Gasteiger partial charge in [-0.25, -0.2) is 9.97 Å². The largest absolute Gasteiger partial charge is 0.384 e. The molecule has 4 heterocycles. The van der Waals surface area contributed by atoms with Gasteiger partial charge in [-0.2, -0.15) is 0 Å². The molecule has 0 aromatic carbocycles. The Morgan fingerprint density at radius 1 is 1.12 bits per heavy atom. The first-order valence-electron chi connectivity index (χ1n) is 7.62. The van der Waals surface area contributed by atoms with Gasteiger partial charge in [-0.1, -0.05) is 6.07 Å². The molecular formula is C18H16N6. The molecular weight excluding hydrogens is 300 g/mol. The minimum Gasteiger partial charge on any atom is -0.384 e. The summed E-state index contributed by atoms with van der Waals surface area (Å²) >= 11 is 0. The van der Waals surface area contributed by atoms with Gasteiger partial charge in [-0.05, 0) is 41.5 Å². The van der Waals surface area contributed by atoms with E-state index < -0.39 is 0 Å². The number of H-pyrrole nitrogens is 1. The quantitative estimate of drug-likeness (QED) is 0.537. The molecule has 0 saturated carbocycles. The maximum absolute atomic E-state index is 5.69. The number of nitrogens with two attached hydrogens (primary N) is 1. The van der Waals surface area contributed by atoms with Crippen molar-refractivity contribution in [3.63, 3.8) is 0 Å². The fraction of sp³-hybridized carbons (Fsp3) is 0.0556. The molecule has 0 unspecified atom stereocenters. The van der Waals surface area contributed by atoms with Crippen LogP contribution in [-0.4, -0.2) is 19.9 Å². The number of nitrogens with one attached hydrogen (secondary N) is 2. The van der Waals surface area contributed by atoms with Crippen molar-refractivity contribution >= 4 is 22.7 Å². The molecule has 4 aromatic heterocycles. The number of pyridine rings is 3. The van der Waals surface area contributed by atoms with Gasteiger partial charge in [0.15, 0.2) is 0 Å². The molecule has 0 fully saturated rings. The van der Waals surface area contributed by atoms with Gasteiger partial charge in [-0.3, -0.25) is 4.98 Å². The van der Waals surface area contributed by atoms with Crippen molar-refractivity contribution in [1.82, 2.24) is 19.9 Å². The van der Waals surface area contributed by atoms with Crippen molar-refractivity contribution in [2.45, 2.75) is 6.54 Å². The first kappa shape index (κ1) is 14.2. The highest BCUT2D eigenvalue weighted by molar-refractivity contribution is 5.94. The maximum Gasteiger partial charge on any atom is 0.140 e. The van der Waals surface area contributed by atoms with E-state index in [4.69, 9.17) is 5.73 Å². The summed E-state index contributed by atoms with van der Waals surface area (Å²) in [6.45, 7) is 0.659. The molecule has 0 spiro atoms. The molecule has 0 bridgehead atoms. The Morgan fingerprint density at radius 3 is 2.88 bits per heavy atom. The van der Waals surface area contributed by atoms with Gasteiger partial charge in [0.1, 0.15) is 17.3 Å². The summed E-state index contributed by atoms with van der Waals surface area (Å²) in [5.41, 5.74) is 9.68. The van der Waals surface area contributed by atoms with Gasteiger partial charge in [0.2, 0.25) is 0 Å². The minimum absolute atomic E-state index is 0.507. The zero-order valence-electron chi connectivity index (χ0n) is 12.9. The van der Waals surface area contributed by atoms with E-state index in [1.165, 1.54) is 0 Å². The summed E-state index contributed by atoms with van der Waals surface area (Å²) in [6.07, 6.45) is 7.27. The molecule has 0 saturated heterocycles. The molecule has 0 atom stereocenters. The van der Waals surface area contributed by atoms with Crippen molar-refractivity contribution in [3.8, 4) is 11.1 Å². The predicted octanol–water partition coefficient (Wildman–Crippen LogP) is 3.21. The normalized spacial score (nSPS) is 10.8. The lowest BCUT2D eigenvalue weighted by molar-refractivity contribution is 1.09. The third-order valence-corrected chi connectivity index (χ3v) is 3.82. The van der Waals surface area contributed by atoms with E-state index in [-0.39, 0.29) is 0 Å². The summed E-state index contributed by atoms with van der Waals surface area (Å²) < 4.78 is 0. The molecule has 0 radical (unpaired) electrons. The fourth-order valence-electron chi connectivity index (χ4n) is 2.63. The van der Waals surface area contributed by atoms with Crippen LogP contribution in [-0.2, 0) is 6.54 Å². The lowest BCUT2D eigenvalue weighted by atomic mass is 10.1. The molecule has 118 valence electrons. The number of aromatic amines is 1. The van der Waals surface area contributed by atoms with Crippen LogP contribution in [0.1, 0.15) is 5.56 Å². The number of fused-ring (bicyclic) bond motifs is 1. The highest BCUT2D eigenvalue weighted by Crippen LogP contribution is 2.29. The summed E-state index contributed by atoms with van der Waals surface area (Å²) in [5.74, 6) is 1.30. The van der Waals surface area contributed by atoms with E-state index >= 15 is 0 Å². The van der Waals surface area contributed by atoms with E-state index in [0.717, 1.165) is 33.5 Å². The molecule has 24 heavy (non-hydrogen) atoms. The Labute approximate surface area is 138 Å². The third-order valence-electron chi connectivity index (χ3n) is 3.82. The lowest BCUT2D eigenvalue weighted by Gasteiger charge is -2.09. The number of hydrogen-bond acceptors (Lipinski definition) is 5. The van der Waals surface area contributed by atoms with E-state index in [1.807, 2.05) is 42.7 Å².